The van der Waals surface area contributed by atoms with E-state index >= 15 is 0 Å². The molecule has 0 fully saturated rings. The molecule has 0 saturated carbocycles. The molecule has 16 nitrogen and oxygen atoms in total. The first-order valence-corrected chi connectivity index (χ1v) is 31.5. The van der Waals surface area contributed by atoms with Gasteiger partial charge < -0.3 is 59.8 Å². The number of ether oxygens (including phenoxy) is 4. The average Bonchev–Trinajstić information content (AvgIpc) is 1.66. The molecule has 0 saturated heterocycles. The maximum atomic E-state index is 13.8. The summed E-state index contributed by atoms with van der Waals surface area (Å²) in [5.41, 5.74) is 4.18. The molecule has 464 valence electrons. The molecular weight excluding hydrogens is 1120 g/mol. The van der Waals surface area contributed by atoms with Crippen LogP contribution in [0.4, 0.5) is 0 Å². The second-order valence-corrected chi connectivity index (χ2v) is 30.0. The highest BCUT2D eigenvalue weighted by atomic mass is 32.2. The van der Waals surface area contributed by atoms with Crippen LogP contribution in [0.25, 0.3) is 0 Å². The molecule has 0 radical (unpaired) electrons. The summed E-state index contributed by atoms with van der Waals surface area (Å²) in [4.78, 5) is 67.7. The van der Waals surface area contributed by atoms with Crippen molar-refractivity contribution in [1.29, 1.82) is 0 Å². The van der Waals surface area contributed by atoms with E-state index in [4.69, 9.17) is 18.9 Å². The molecule has 4 N–H and O–H groups in total. The standard InChI is InChI=1S/C65H98N8O8S3/c1-62(2,3)44-30-42-29-43-31-45(63(4,5)6)33-49(59(43)79-39-55(75)67-22-26-71(15)16)83-51-35-47(65(10,11)12)37-53(61(51)81-41-57(77)69-24-28-73(19)20)84-52-36-46(64(7,8)9)34-50(60(52)80-40-56(76)68-23-27-72(17)18)82-48(32-44)58(42)78-38-54(74)66-21-25-70(13)14/h30-37H,21-29,38-41H2,1-20H3,(H,66,74)(H,67,75)(H,68,76)(H,69,77). The van der Waals surface area contributed by atoms with Crippen molar-refractivity contribution in [3.05, 3.63) is 81.9 Å². The van der Waals surface area contributed by atoms with Crippen molar-refractivity contribution in [1.82, 2.24) is 40.9 Å². The van der Waals surface area contributed by atoms with E-state index in [2.05, 4.69) is 153 Å². The minimum absolute atomic E-state index is 0.261. The van der Waals surface area contributed by atoms with E-state index in [1.165, 1.54) is 35.3 Å². The first kappa shape index (κ1) is 69.6. The zero-order valence-corrected chi connectivity index (χ0v) is 56.5. The van der Waals surface area contributed by atoms with Gasteiger partial charge in [0.25, 0.3) is 23.6 Å². The monoisotopic (exact) mass is 1210 g/mol. The Hall–Kier alpha value is -5.15. The van der Waals surface area contributed by atoms with Gasteiger partial charge in [-0.3, -0.25) is 19.2 Å². The Morgan fingerprint density at radius 2 is 0.560 bits per heavy atom. The summed E-state index contributed by atoms with van der Waals surface area (Å²) in [6.07, 6.45) is 0.271. The molecule has 1 aliphatic rings. The molecule has 4 aromatic carbocycles. The zero-order chi connectivity index (χ0) is 62.5. The highest BCUT2D eigenvalue weighted by Gasteiger charge is 2.31. The van der Waals surface area contributed by atoms with Crippen molar-refractivity contribution in [2.24, 2.45) is 0 Å². The molecule has 0 atom stereocenters. The van der Waals surface area contributed by atoms with Crippen molar-refractivity contribution in [3.63, 3.8) is 0 Å². The number of likely N-dealkylation sites (N-methyl/N-ethyl adjacent to an activating group) is 4. The van der Waals surface area contributed by atoms with Gasteiger partial charge in [-0.1, -0.05) is 131 Å². The first-order valence-electron chi connectivity index (χ1n) is 29.0. The first-order chi connectivity index (χ1) is 39.1. The molecule has 0 unspecified atom stereocenters. The van der Waals surface area contributed by atoms with Gasteiger partial charge in [-0.05, 0) is 137 Å². The lowest BCUT2D eigenvalue weighted by Crippen LogP contribution is -2.34. The highest BCUT2D eigenvalue weighted by molar-refractivity contribution is 8.01. The normalized spacial score (nSPS) is 13.0. The van der Waals surface area contributed by atoms with Gasteiger partial charge in [0.05, 0.1) is 29.4 Å². The number of nitrogens with one attached hydrogen (secondary N) is 4. The number of hydrogen-bond donors (Lipinski definition) is 4. The third-order valence-corrected chi connectivity index (χ3v) is 16.9. The summed E-state index contributed by atoms with van der Waals surface area (Å²) in [5, 5.41) is 12.1. The Kier molecular flexibility index (Phi) is 25.2. The number of nitrogens with zero attached hydrogens (tertiary/aromatic N) is 4. The topological polar surface area (TPSA) is 166 Å². The maximum absolute atomic E-state index is 13.8. The fraction of sp³-hybridized carbons (Fsp3) is 0.569. The minimum Gasteiger partial charge on any atom is -0.482 e. The van der Waals surface area contributed by atoms with E-state index in [1.54, 1.807) is 0 Å². The van der Waals surface area contributed by atoms with Crippen molar-refractivity contribution >= 4 is 58.9 Å². The number of carbonyl (C=O) groups excluding carboxylic acids is 4. The quantitative estimate of drug-likeness (QED) is 0.0461. The van der Waals surface area contributed by atoms with Crippen LogP contribution in [-0.4, -0.2) is 178 Å². The molecule has 0 aliphatic carbocycles. The van der Waals surface area contributed by atoms with Crippen molar-refractivity contribution in [3.8, 4) is 23.0 Å². The molecule has 4 aromatic rings. The van der Waals surface area contributed by atoms with E-state index in [0.29, 0.717) is 75.4 Å². The number of carbonyl (C=O) groups is 4. The number of amides is 4. The van der Waals surface area contributed by atoms with Gasteiger partial charge in [0, 0.05) is 69.9 Å². The van der Waals surface area contributed by atoms with Crippen LogP contribution >= 0.6 is 35.3 Å². The molecular formula is C65H98N8O8S3. The Bertz CT molecular complexity index is 2440. The summed E-state index contributed by atoms with van der Waals surface area (Å²) in [6, 6.07) is 17.1. The average molecular weight is 1220 g/mol. The Morgan fingerprint density at radius 3 is 0.774 bits per heavy atom. The lowest BCUT2D eigenvalue weighted by Gasteiger charge is -2.28. The molecule has 1 aliphatic heterocycles. The Labute approximate surface area is 515 Å². The molecule has 84 heavy (non-hydrogen) atoms. The number of hydrogen-bond acceptors (Lipinski definition) is 15. The van der Waals surface area contributed by atoms with E-state index in [1.807, 2.05) is 76.0 Å². The third-order valence-electron chi connectivity index (χ3n) is 13.7. The van der Waals surface area contributed by atoms with Crippen molar-refractivity contribution < 1.29 is 38.1 Å². The molecule has 19 heteroatoms. The lowest BCUT2D eigenvalue weighted by molar-refractivity contribution is -0.123. The summed E-state index contributed by atoms with van der Waals surface area (Å²) < 4.78 is 27.5. The van der Waals surface area contributed by atoms with Gasteiger partial charge in [0.15, 0.2) is 26.4 Å². The number of rotatable bonds is 24. The van der Waals surface area contributed by atoms with Gasteiger partial charge in [0.1, 0.15) is 23.0 Å². The van der Waals surface area contributed by atoms with E-state index in [9.17, 15) is 19.2 Å². The molecule has 8 bridgehead atoms. The van der Waals surface area contributed by atoms with Crippen LogP contribution in [0.2, 0.25) is 0 Å². The van der Waals surface area contributed by atoms with Crippen LogP contribution in [-0.2, 0) is 47.3 Å². The fourth-order valence-electron chi connectivity index (χ4n) is 8.53. The van der Waals surface area contributed by atoms with Crippen LogP contribution in [0.15, 0.2) is 77.9 Å². The fourth-order valence-corrected chi connectivity index (χ4v) is 12.1. The van der Waals surface area contributed by atoms with Crippen LogP contribution < -0.4 is 40.2 Å². The van der Waals surface area contributed by atoms with Gasteiger partial charge in [-0.2, -0.15) is 0 Å². The van der Waals surface area contributed by atoms with Gasteiger partial charge in [-0.25, -0.2) is 0 Å². The van der Waals surface area contributed by atoms with Crippen LogP contribution in [0.3, 0.4) is 0 Å². The zero-order valence-electron chi connectivity index (χ0n) is 54.1. The third kappa shape index (κ3) is 21.7. The number of fused-ring (bicyclic) bond motifs is 8. The van der Waals surface area contributed by atoms with Crippen molar-refractivity contribution in [2.75, 3.05) is 135 Å². The molecule has 1 heterocycles. The van der Waals surface area contributed by atoms with E-state index in [0.717, 1.165) is 62.8 Å². The van der Waals surface area contributed by atoms with Gasteiger partial charge >= 0.3 is 0 Å². The molecule has 4 amide bonds. The minimum atomic E-state index is -0.374. The van der Waals surface area contributed by atoms with Crippen LogP contribution in [0.5, 0.6) is 23.0 Å². The second kappa shape index (κ2) is 30.5. The Morgan fingerprint density at radius 1 is 0.357 bits per heavy atom. The van der Waals surface area contributed by atoms with Crippen molar-refractivity contribution in [2.45, 2.75) is 141 Å². The molecule has 0 spiro atoms. The second-order valence-electron chi connectivity index (χ2n) is 26.8. The molecule has 0 aromatic heterocycles. The van der Waals surface area contributed by atoms with E-state index < -0.39 is 0 Å². The largest absolute Gasteiger partial charge is 0.482 e. The SMILES string of the molecule is CN(C)CCNC(=O)COc1c2cc(C(C)(C)C)cc1Sc1cc(C(C)(C)C)cc(c1OCC(=O)NCCN(C)C)Sc1cc(C(C)(C)C)cc(c1OCC(=O)NCCN(C)C)Sc1cc(C(C)(C)C)cc(c1OCC(=O)NCCN(C)C)C2. The summed E-state index contributed by atoms with van der Waals surface area (Å²) in [5.74, 6) is 0.887. The summed E-state index contributed by atoms with van der Waals surface area (Å²) in [7, 11) is 15.7. The van der Waals surface area contributed by atoms with Crippen LogP contribution in [0, 0.1) is 0 Å². The Balaban J connectivity index is 1.97. The summed E-state index contributed by atoms with van der Waals surface area (Å²) in [6.45, 7) is 29.4. The number of benzene rings is 4. The van der Waals surface area contributed by atoms with Crippen LogP contribution in [0.1, 0.15) is 116 Å². The molecule has 5 rings (SSSR count). The maximum Gasteiger partial charge on any atom is 0.257 e. The van der Waals surface area contributed by atoms with E-state index in [-0.39, 0.29) is 78.1 Å². The predicted octanol–water partition coefficient (Wildman–Crippen LogP) is 9.46. The smallest absolute Gasteiger partial charge is 0.257 e. The highest BCUT2D eigenvalue weighted by Crippen LogP contribution is 2.54. The summed E-state index contributed by atoms with van der Waals surface area (Å²) >= 11 is 4.38. The predicted molar refractivity (Wildman–Crippen MR) is 344 cm³/mol. The van der Waals surface area contributed by atoms with Gasteiger partial charge in [-0.15, -0.1) is 0 Å². The van der Waals surface area contributed by atoms with Gasteiger partial charge in [0.2, 0.25) is 0 Å². The lowest BCUT2D eigenvalue weighted by atomic mass is 9.83.